The number of aliphatic carboxylic acids is 1. The third-order valence-electron chi connectivity index (χ3n) is 3.92. The van der Waals surface area contributed by atoms with Gasteiger partial charge in [-0.05, 0) is 43.5 Å². The molecule has 1 rings (SSSR count). The van der Waals surface area contributed by atoms with Crippen LogP contribution in [0.5, 0.6) is 0 Å². The van der Waals surface area contributed by atoms with Crippen molar-refractivity contribution in [2.24, 2.45) is 11.1 Å². The monoisotopic (exact) mass is 289 g/mol. The molecule has 1 aromatic rings. The number of hydrogen-bond donors (Lipinski definition) is 2. The Morgan fingerprint density at radius 1 is 1.24 bits per heavy atom. The number of carboxylic acids is 1. The summed E-state index contributed by atoms with van der Waals surface area (Å²) in [5.74, 6) is -0.982. The lowest BCUT2D eigenvalue weighted by molar-refractivity contribution is -0.131. The van der Waals surface area contributed by atoms with Gasteiger partial charge in [-0.3, -0.25) is 4.79 Å². The summed E-state index contributed by atoms with van der Waals surface area (Å²) in [5.41, 5.74) is 8.38. The summed E-state index contributed by atoms with van der Waals surface area (Å²) >= 11 is 0. The smallest absolute Gasteiger partial charge is 0.328 e. The zero-order valence-electron chi connectivity index (χ0n) is 13.2. The average molecular weight is 289 g/mol. The minimum Gasteiger partial charge on any atom is -0.478 e. The van der Waals surface area contributed by atoms with E-state index in [2.05, 4.69) is 0 Å². The lowest BCUT2D eigenvalue weighted by Crippen LogP contribution is -2.41. The van der Waals surface area contributed by atoms with E-state index in [0.717, 1.165) is 22.8 Å². The number of aryl methyl sites for hydroxylation is 2. The van der Waals surface area contributed by atoms with Crippen LogP contribution in [0.1, 0.15) is 47.8 Å². The van der Waals surface area contributed by atoms with E-state index >= 15 is 0 Å². The minimum absolute atomic E-state index is 0.0151. The van der Waals surface area contributed by atoms with Gasteiger partial charge in [0, 0.05) is 23.1 Å². The molecule has 21 heavy (non-hydrogen) atoms. The number of hydrogen-bond acceptors (Lipinski definition) is 3. The predicted octanol–water partition coefficient (Wildman–Crippen LogP) is 2.96. The van der Waals surface area contributed by atoms with Gasteiger partial charge < -0.3 is 10.8 Å². The topological polar surface area (TPSA) is 80.4 Å². The van der Waals surface area contributed by atoms with Crippen LogP contribution in [0.4, 0.5) is 0 Å². The summed E-state index contributed by atoms with van der Waals surface area (Å²) in [5, 5.41) is 8.67. The first-order chi connectivity index (χ1) is 9.57. The summed E-state index contributed by atoms with van der Waals surface area (Å²) in [7, 11) is 0. The van der Waals surface area contributed by atoms with E-state index in [1.165, 1.54) is 6.08 Å². The number of carbonyl (C=O) groups excluding carboxylic acids is 1. The molecule has 114 valence electrons. The van der Waals surface area contributed by atoms with Gasteiger partial charge in [-0.1, -0.05) is 26.0 Å². The van der Waals surface area contributed by atoms with E-state index in [9.17, 15) is 9.59 Å². The molecule has 0 aromatic heterocycles. The Kier molecular flexibility index (Phi) is 5.07. The van der Waals surface area contributed by atoms with E-state index in [-0.39, 0.29) is 11.8 Å². The van der Waals surface area contributed by atoms with Crippen molar-refractivity contribution in [3.05, 3.63) is 40.5 Å². The second-order valence-electron chi connectivity index (χ2n) is 6.04. The van der Waals surface area contributed by atoms with E-state index in [1.807, 2.05) is 46.8 Å². The Morgan fingerprint density at radius 3 is 2.10 bits per heavy atom. The van der Waals surface area contributed by atoms with Crippen molar-refractivity contribution in [2.75, 3.05) is 0 Å². The zero-order chi connectivity index (χ0) is 16.4. The molecule has 4 nitrogen and oxygen atoms in total. The van der Waals surface area contributed by atoms with Gasteiger partial charge in [0.2, 0.25) is 0 Å². The van der Waals surface area contributed by atoms with Crippen molar-refractivity contribution in [3.8, 4) is 0 Å². The molecular weight excluding hydrogens is 266 g/mol. The molecule has 1 unspecified atom stereocenters. The van der Waals surface area contributed by atoms with Gasteiger partial charge in [-0.15, -0.1) is 0 Å². The molecule has 0 spiro atoms. The van der Waals surface area contributed by atoms with Crippen molar-refractivity contribution in [3.63, 3.8) is 0 Å². The van der Waals surface area contributed by atoms with E-state index in [0.29, 0.717) is 5.56 Å². The third-order valence-corrected chi connectivity index (χ3v) is 3.92. The van der Waals surface area contributed by atoms with Crippen LogP contribution in [0.15, 0.2) is 18.2 Å². The summed E-state index contributed by atoms with van der Waals surface area (Å²) in [4.78, 5) is 23.3. The third kappa shape index (κ3) is 3.79. The first kappa shape index (κ1) is 17.1. The summed E-state index contributed by atoms with van der Waals surface area (Å²) in [6, 6.07) is 3.38. The van der Waals surface area contributed by atoms with E-state index in [4.69, 9.17) is 10.8 Å². The molecule has 0 amide bonds. The Balaban J connectivity index is 3.29. The molecule has 0 heterocycles. The molecule has 0 fully saturated rings. The normalized spacial score (nSPS) is 13.4. The second-order valence-corrected chi connectivity index (χ2v) is 6.04. The molecule has 0 aliphatic heterocycles. The fraction of sp³-hybridized carbons (Fsp3) is 0.412. The molecule has 3 N–H and O–H groups in total. The Labute approximate surface area is 125 Å². The largest absolute Gasteiger partial charge is 0.478 e. The van der Waals surface area contributed by atoms with Crippen molar-refractivity contribution in [2.45, 2.75) is 40.7 Å². The maximum atomic E-state index is 12.7. The first-order valence-corrected chi connectivity index (χ1v) is 6.90. The van der Waals surface area contributed by atoms with Gasteiger partial charge >= 0.3 is 5.97 Å². The van der Waals surface area contributed by atoms with Crippen molar-refractivity contribution < 1.29 is 14.7 Å². The maximum absolute atomic E-state index is 12.7. The maximum Gasteiger partial charge on any atom is 0.328 e. The lowest BCUT2D eigenvalue weighted by Gasteiger charge is -2.29. The average Bonchev–Trinajstić information content (AvgIpc) is 2.35. The van der Waals surface area contributed by atoms with Crippen LogP contribution in [0.25, 0.3) is 6.08 Å². The highest BCUT2D eigenvalue weighted by Gasteiger charge is 2.34. The van der Waals surface area contributed by atoms with Crippen LogP contribution in [0.3, 0.4) is 0 Å². The number of benzene rings is 1. The summed E-state index contributed by atoms with van der Waals surface area (Å²) < 4.78 is 0. The predicted molar refractivity (Wildman–Crippen MR) is 84.3 cm³/mol. The highest BCUT2D eigenvalue weighted by molar-refractivity contribution is 6.03. The molecule has 0 saturated carbocycles. The van der Waals surface area contributed by atoms with E-state index in [1.54, 1.807) is 0 Å². The number of ketones is 1. The van der Waals surface area contributed by atoms with E-state index < -0.39 is 11.4 Å². The van der Waals surface area contributed by atoms with Crippen molar-refractivity contribution in [1.29, 1.82) is 0 Å². The molecule has 1 aromatic carbocycles. The number of carbonyl (C=O) groups is 2. The Morgan fingerprint density at radius 2 is 1.71 bits per heavy atom. The Bertz CT molecular complexity index is 575. The van der Waals surface area contributed by atoms with Crippen LogP contribution in [-0.4, -0.2) is 22.9 Å². The highest BCUT2D eigenvalue weighted by atomic mass is 16.4. The van der Waals surface area contributed by atoms with Crippen molar-refractivity contribution in [1.82, 2.24) is 0 Å². The molecule has 0 radical (unpaired) electrons. The van der Waals surface area contributed by atoms with Crippen LogP contribution < -0.4 is 5.73 Å². The number of rotatable bonds is 5. The molecule has 0 aliphatic rings. The fourth-order valence-corrected chi connectivity index (χ4v) is 2.15. The number of Topliss-reactive ketones (excluding diaryl/α,β-unsaturated/α-hetero) is 1. The van der Waals surface area contributed by atoms with Crippen LogP contribution in [0.2, 0.25) is 0 Å². The quantitative estimate of drug-likeness (QED) is 0.645. The van der Waals surface area contributed by atoms with Gasteiger partial charge in [0.15, 0.2) is 5.78 Å². The molecule has 0 bridgehead atoms. The van der Waals surface area contributed by atoms with Gasteiger partial charge in [-0.2, -0.15) is 0 Å². The second kappa shape index (κ2) is 6.22. The molecule has 0 saturated heterocycles. The highest BCUT2D eigenvalue weighted by Crippen LogP contribution is 2.29. The van der Waals surface area contributed by atoms with Crippen molar-refractivity contribution >= 4 is 17.8 Å². The van der Waals surface area contributed by atoms with Gasteiger partial charge in [0.1, 0.15) is 0 Å². The SMILES string of the molecule is Cc1cc(/C=C/C(=O)O)cc(C)c1C(=O)C(C)(C)C(C)N. The summed E-state index contributed by atoms with van der Waals surface area (Å²) in [6.07, 6.45) is 2.61. The van der Waals surface area contributed by atoms with Crippen LogP contribution in [0, 0.1) is 19.3 Å². The summed E-state index contributed by atoms with van der Waals surface area (Å²) in [6.45, 7) is 9.23. The number of carboxylic acid groups (broad SMARTS) is 1. The fourth-order valence-electron chi connectivity index (χ4n) is 2.15. The molecule has 4 heteroatoms. The van der Waals surface area contributed by atoms with Crippen LogP contribution >= 0.6 is 0 Å². The zero-order valence-corrected chi connectivity index (χ0v) is 13.2. The lowest BCUT2D eigenvalue weighted by atomic mass is 9.76. The van der Waals surface area contributed by atoms with Crippen LogP contribution in [-0.2, 0) is 4.79 Å². The molecule has 1 atom stereocenters. The minimum atomic E-state index is -0.997. The van der Waals surface area contributed by atoms with Gasteiger partial charge in [0.25, 0.3) is 0 Å². The van der Waals surface area contributed by atoms with Gasteiger partial charge in [0.05, 0.1) is 0 Å². The first-order valence-electron chi connectivity index (χ1n) is 6.90. The Hall–Kier alpha value is -1.94. The standard InChI is InChI=1S/C17H23NO3/c1-10-8-13(6-7-14(19)20)9-11(2)15(10)16(21)17(4,5)12(3)18/h6-9,12H,18H2,1-5H3,(H,19,20)/b7-6+. The van der Waals surface area contributed by atoms with Gasteiger partial charge in [-0.25, -0.2) is 4.79 Å². The molecule has 0 aliphatic carbocycles. The molecular formula is C17H23NO3. The number of nitrogens with two attached hydrogens (primary N) is 1.